The fourth-order valence-corrected chi connectivity index (χ4v) is 1.17. The quantitative estimate of drug-likeness (QED) is 0.580. The number of carbonyl (C=O) groups excluding carboxylic acids is 2. The van der Waals surface area contributed by atoms with Gasteiger partial charge in [-0.2, -0.15) is 0 Å². The molecule has 0 fully saturated rings. The first-order valence-corrected chi connectivity index (χ1v) is 4.89. The van der Waals surface area contributed by atoms with E-state index in [2.05, 4.69) is 4.74 Å². The van der Waals surface area contributed by atoms with Crippen molar-refractivity contribution in [1.29, 1.82) is 0 Å². The molecular formula is C11H14N2O4. The Morgan fingerprint density at radius 2 is 2.00 bits per heavy atom. The summed E-state index contributed by atoms with van der Waals surface area (Å²) in [5.74, 6) is -1.01. The number of esters is 1. The van der Waals surface area contributed by atoms with Crippen molar-refractivity contribution in [2.24, 2.45) is 5.73 Å². The number of benzene rings is 1. The average Bonchev–Trinajstić information content (AvgIpc) is 2.30. The summed E-state index contributed by atoms with van der Waals surface area (Å²) in [6.45, 7) is 1.49. The van der Waals surface area contributed by atoms with E-state index in [-0.39, 0.29) is 11.3 Å². The van der Waals surface area contributed by atoms with Gasteiger partial charge in [-0.05, 0) is 25.1 Å². The number of amides is 1. The van der Waals surface area contributed by atoms with Gasteiger partial charge >= 0.3 is 5.97 Å². The fraction of sp³-hybridized carbons (Fsp3) is 0.273. The topological polar surface area (TPSA) is 105 Å². The van der Waals surface area contributed by atoms with E-state index in [4.69, 9.17) is 16.2 Å². The molecule has 4 N–H and O–H groups in total. The van der Waals surface area contributed by atoms with Crippen LogP contribution >= 0.6 is 0 Å². The van der Waals surface area contributed by atoms with E-state index < -0.39 is 18.0 Å². The van der Waals surface area contributed by atoms with Gasteiger partial charge in [-0.25, -0.2) is 4.79 Å². The molecule has 1 atom stereocenters. The second kappa shape index (κ2) is 5.20. The first-order valence-electron chi connectivity index (χ1n) is 4.89. The molecule has 0 spiro atoms. The van der Waals surface area contributed by atoms with Crippen LogP contribution in [0.2, 0.25) is 0 Å². The third kappa shape index (κ3) is 3.10. The first kappa shape index (κ1) is 12.8. The Kier molecular flexibility index (Phi) is 3.92. The Bertz CT molecular complexity index is 445. The van der Waals surface area contributed by atoms with Crippen LogP contribution in [-0.4, -0.2) is 25.1 Å². The number of anilines is 1. The molecule has 0 aliphatic heterocycles. The first-order chi connectivity index (χ1) is 7.95. The smallest absolute Gasteiger partial charge is 0.341 e. The second-order valence-electron chi connectivity index (χ2n) is 3.41. The highest BCUT2D eigenvalue weighted by Gasteiger charge is 2.17. The van der Waals surface area contributed by atoms with Crippen molar-refractivity contribution in [3.05, 3.63) is 23.8 Å². The largest absolute Gasteiger partial charge is 0.480 e. The highest BCUT2D eigenvalue weighted by atomic mass is 16.5. The number of ether oxygens (including phenoxy) is 2. The normalized spacial score (nSPS) is 11.6. The molecule has 1 aromatic rings. The number of carbonyl (C=O) groups is 2. The molecule has 1 rings (SSSR count). The maximum absolute atomic E-state index is 11.5. The van der Waals surface area contributed by atoms with Gasteiger partial charge in [0.05, 0.1) is 7.11 Å². The standard InChI is InChI=1S/C11H14N2O4/c1-6(10(13)14)17-9-4-3-7(12)5-8(9)11(15)16-2/h3-6H,12H2,1-2H3,(H2,13,14). The lowest BCUT2D eigenvalue weighted by Gasteiger charge is -2.14. The summed E-state index contributed by atoms with van der Waals surface area (Å²) in [5.41, 5.74) is 11.2. The molecule has 0 aromatic heterocycles. The molecule has 0 saturated carbocycles. The van der Waals surface area contributed by atoms with E-state index in [0.717, 1.165) is 0 Å². The molecule has 0 aliphatic carbocycles. The van der Waals surface area contributed by atoms with E-state index >= 15 is 0 Å². The molecule has 17 heavy (non-hydrogen) atoms. The van der Waals surface area contributed by atoms with E-state index in [0.29, 0.717) is 5.69 Å². The highest BCUT2D eigenvalue weighted by Crippen LogP contribution is 2.23. The SMILES string of the molecule is COC(=O)c1cc(N)ccc1OC(C)C(N)=O. The zero-order valence-electron chi connectivity index (χ0n) is 9.60. The molecular weight excluding hydrogens is 224 g/mol. The number of hydrogen-bond acceptors (Lipinski definition) is 5. The van der Waals surface area contributed by atoms with Crippen LogP contribution in [0.15, 0.2) is 18.2 Å². The molecule has 0 saturated heterocycles. The Morgan fingerprint density at radius 1 is 1.35 bits per heavy atom. The third-order valence-corrected chi connectivity index (χ3v) is 2.11. The zero-order valence-corrected chi connectivity index (χ0v) is 9.60. The Balaban J connectivity index is 3.06. The molecule has 0 heterocycles. The van der Waals surface area contributed by atoms with Crippen LogP contribution in [0.1, 0.15) is 17.3 Å². The van der Waals surface area contributed by atoms with Crippen molar-refractivity contribution in [2.75, 3.05) is 12.8 Å². The zero-order chi connectivity index (χ0) is 13.0. The lowest BCUT2D eigenvalue weighted by atomic mass is 10.2. The summed E-state index contributed by atoms with van der Waals surface area (Å²) < 4.78 is 9.84. The van der Waals surface area contributed by atoms with Crippen LogP contribution in [0.3, 0.4) is 0 Å². The molecule has 0 radical (unpaired) electrons. The molecule has 1 aromatic carbocycles. The van der Waals surface area contributed by atoms with Gasteiger partial charge < -0.3 is 20.9 Å². The number of nitrogens with two attached hydrogens (primary N) is 2. The van der Waals surface area contributed by atoms with Crippen LogP contribution in [0.5, 0.6) is 5.75 Å². The number of rotatable bonds is 4. The fourth-order valence-electron chi connectivity index (χ4n) is 1.17. The van der Waals surface area contributed by atoms with Gasteiger partial charge in [0.1, 0.15) is 11.3 Å². The van der Waals surface area contributed by atoms with Crippen molar-refractivity contribution >= 4 is 17.6 Å². The van der Waals surface area contributed by atoms with Gasteiger partial charge in [-0.15, -0.1) is 0 Å². The lowest BCUT2D eigenvalue weighted by molar-refractivity contribution is -0.124. The molecule has 0 bridgehead atoms. The van der Waals surface area contributed by atoms with Gasteiger partial charge in [0.2, 0.25) is 0 Å². The van der Waals surface area contributed by atoms with Crippen LogP contribution in [0, 0.1) is 0 Å². The summed E-state index contributed by atoms with van der Waals surface area (Å²) in [7, 11) is 1.24. The van der Waals surface area contributed by atoms with Crippen molar-refractivity contribution in [1.82, 2.24) is 0 Å². The third-order valence-electron chi connectivity index (χ3n) is 2.11. The molecule has 0 aliphatic rings. The summed E-state index contributed by atoms with van der Waals surface area (Å²) in [5, 5.41) is 0. The van der Waals surface area contributed by atoms with Crippen LogP contribution < -0.4 is 16.2 Å². The molecule has 6 nitrogen and oxygen atoms in total. The lowest BCUT2D eigenvalue weighted by Crippen LogP contribution is -2.31. The van der Waals surface area contributed by atoms with Gasteiger partial charge in [-0.3, -0.25) is 4.79 Å². The van der Waals surface area contributed by atoms with Crippen LogP contribution in [-0.2, 0) is 9.53 Å². The van der Waals surface area contributed by atoms with Gasteiger partial charge in [0.25, 0.3) is 5.91 Å². The predicted octanol–water partition coefficient (Wildman–Crippen LogP) is 0.308. The maximum Gasteiger partial charge on any atom is 0.341 e. The number of methoxy groups -OCH3 is 1. The minimum atomic E-state index is -0.845. The number of primary amides is 1. The monoisotopic (exact) mass is 238 g/mol. The van der Waals surface area contributed by atoms with E-state index in [1.165, 1.54) is 26.2 Å². The number of nitrogen functional groups attached to an aromatic ring is 1. The molecule has 6 heteroatoms. The molecule has 1 unspecified atom stereocenters. The Labute approximate surface area is 98.5 Å². The maximum atomic E-state index is 11.5. The Hall–Kier alpha value is -2.24. The molecule has 1 amide bonds. The van der Waals surface area contributed by atoms with Gasteiger partial charge in [0, 0.05) is 5.69 Å². The van der Waals surface area contributed by atoms with Crippen molar-refractivity contribution in [3.8, 4) is 5.75 Å². The minimum Gasteiger partial charge on any atom is -0.480 e. The average molecular weight is 238 g/mol. The van der Waals surface area contributed by atoms with Crippen LogP contribution in [0.4, 0.5) is 5.69 Å². The van der Waals surface area contributed by atoms with Gasteiger partial charge in [-0.1, -0.05) is 0 Å². The molecule has 92 valence electrons. The van der Waals surface area contributed by atoms with E-state index in [1.54, 1.807) is 6.07 Å². The van der Waals surface area contributed by atoms with Crippen molar-refractivity contribution in [2.45, 2.75) is 13.0 Å². The van der Waals surface area contributed by atoms with Gasteiger partial charge in [0.15, 0.2) is 6.10 Å². The Morgan fingerprint density at radius 3 is 2.53 bits per heavy atom. The summed E-state index contributed by atoms with van der Waals surface area (Å²) in [6, 6.07) is 4.45. The summed E-state index contributed by atoms with van der Waals surface area (Å²) >= 11 is 0. The highest BCUT2D eigenvalue weighted by molar-refractivity contribution is 5.93. The van der Waals surface area contributed by atoms with Crippen LogP contribution in [0.25, 0.3) is 0 Å². The van der Waals surface area contributed by atoms with E-state index in [9.17, 15) is 9.59 Å². The van der Waals surface area contributed by atoms with E-state index in [1.807, 2.05) is 0 Å². The van der Waals surface area contributed by atoms with Crippen molar-refractivity contribution in [3.63, 3.8) is 0 Å². The number of hydrogen-bond donors (Lipinski definition) is 2. The summed E-state index contributed by atoms with van der Waals surface area (Å²) in [4.78, 5) is 22.3. The minimum absolute atomic E-state index is 0.153. The second-order valence-corrected chi connectivity index (χ2v) is 3.41. The summed E-state index contributed by atoms with van der Waals surface area (Å²) in [6.07, 6.45) is -0.845. The van der Waals surface area contributed by atoms with Crippen molar-refractivity contribution < 1.29 is 19.1 Å². The predicted molar refractivity (Wildman–Crippen MR) is 61.5 cm³/mol.